The predicted molar refractivity (Wildman–Crippen MR) is 152 cm³/mol. The maximum absolute atomic E-state index is 12.9. The number of hydrogen-bond acceptors (Lipinski definition) is 9. The summed E-state index contributed by atoms with van der Waals surface area (Å²) in [4.78, 5) is 26.1. The molecule has 38 heavy (non-hydrogen) atoms. The number of fused-ring (bicyclic) bond motifs is 1. The van der Waals surface area contributed by atoms with E-state index in [-0.39, 0.29) is 29.3 Å². The summed E-state index contributed by atoms with van der Waals surface area (Å²) in [6.07, 6.45) is 0.788. The molecule has 0 aliphatic carbocycles. The van der Waals surface area contributed by atoms with Gasteiger partial charge in [0, 0.05) is 62.1 Å². The van der Waals surface area contributed by atoms with Gasteiger partial charge in [-0.1, -0.05) is 30.3 Å². The molecule has 10 heteroatoms. The molecule has 196 valence electrons. The van der Waals surface area contributed by atoms with E-state index in [1.54, 1.807) is 24.3 Å². The van der Waals surface area contributed by atoms with Gasteiger partial charge in [-0.05, 0) is 42.1 Å². The van der Waals surface area contributed by atoms with Crippen LogP contribution in [0.1, 0.15) is 16.8 Å². The Hall–Kier alpha value is -4.41. The molecule has 3 aromatic carbocycles. The minimum absolute atomic E-state index is 0.00722. The van der Waals surface area contributed by atoms with E-state index >= 15 is 0 Å². The van der Waals surface area contributed by atoms with Crippen LogP contribution in [0.2, 0.25) is 0 Å². The maximum Gasteiger partial charge on any atom is 0.259 e. The van der Waals surface area contributed by atoms with Gasteiger partial charge in [0.05, 0.1) is 5.56 Å². The summed E-state index contributed by atoms with van der Waals surface area (Å²) in [5.41, 5.74) is 14.0. The molecule has 2 atom stereocenters. The van der Waals surface area contributed by atoms with E-state index in [9.17, 15) is 9.90 Å². The molecule has 1 aliphatic heterocycles. The van der Waals surface area contributed by atoms with Crippen LogP contribution in [-0.2, 0) is 0 Å². The number of rotatable bonds is 6. The molecule has 2 heterocycles. The van der Waals surface area contributed by atoms with Crippen LogP contribution in [0.3, 0.4) is 0 Å². The van der Waals surface area contributed by atoms with E-state index in [0.29, 0.717) is 35.9 Å². The minimum Gasteiger partial charge on any atom is -0.506 e. The van der Waals surface area contributed by atoms with Gasteiger partial charge >= 0.3 is 0 Å². The molecule has 7 N–H and O–H groups in total. The second-order valence-electron chi connectivity index (χ2n) is 9.81. The standard InChI is InChI=1S/C28H32N8O2/c1-35(2)28-33-24(14-25(34-28)36-15-18(29)13-19(30)16-36)31-20-8-10-21(11-9-20)32-27(38)23-12-7-17-5-3-4-6-22(17)26(23)37/h3-12,14,18-19,37H,13,15-16,29-30H2,1-2H3,(H,32,38)(H,31,33,34). The summed E-state index contributed by atoms with van der Waals surface area (Å²) in [7, 11) is 3.78. The van der Waals surface area contributed by atoms with Crippen molar-refractivity contribution in [1.29, 1.82) is 0 Å². The smallest absolute Gasteiger partial charge is 0.259 e. The first-order chi connectivity index (χ1) is 18.3. The van der Waals surface area contributed by atoms with Crippen molar-refractivity contribution in [1.82, 2.24) is 9.97 Å². The Balaban J connectivity index is 1.32. The lowest BCUT2D eigenvalue weighted by Gasteiger charge is -2.35. The van der Waals surface area contributed by atoms with Crippen LogP contribution >= 0.6 is 0 Å². The van der Waals surface area contributed by atoms with E-state index in [0.717, 1.165) is 23.3 Å². The highest BCUT2D eigenvalue weighted by atomic mass is 16.3. The molecule has 5 rings (SSSR count). The number of anilines is 5. The molecule has 1 fully saturated rings. The monoisotopic (exact) mass is 512 g/mol. The summed E-state index contributed by atoms with van der Waals surface area (Å²) >= 11 is 0. The average Bonchev–Trinajstić information content (AvgIpc) is 2.89. The van der Waals surface area contributed by atoms with Crippen molar-refractivity contribution in [3.8, 4) is 5.75 Å². The van der Waals surface area contributed by atoms with Crippen molar-refractivity contribution < 1.29 is 9.90 Å². The molecule has 10 nitrogen and oxygen atoms in total. The third kappa shape index (κ3) is 5.46. The van der Waals surface area contributed by atoms with Crippen molar-refractivity contribution in [3.63, 3.8) is 0 Å². The Morgan fingerprint density at radius 3 is 2.37 bits per heavy atom. The van der Waals surface area contributed by atoms with E-state index in [1.165, 1.54) is 0 Å². The van der Waals surface area contributed by atoms with Crippen molar-refractivity contribution in [2.45, 2.75) is 18.5 Å². The molecule has 0 spiro atoms. The summed E-state index contributed by atoms with van der Waals surface area (Å²) in [5, 5.41) is 18.3. The largest absolute Gasteiger partial charge is 0.506 e. The first kappa shape index (κ1) is 25.2. The molecule has 1 amide bonds. The Morgan fingerprint density at radius 2 is 1.66 bits per heavy atom. The quantitative estimate of drug-likeness (QED) is 0.263. The lowest BCUT2D eigenvalue weighted by Crippen LogP contribution is -2.52. The summed E-state index contributed by atoms with van der Waals surface area (Å²) in [6.45, 7) is 1.36. The molecule has 0 bridgehead atoms. The molecular formula is C28H32N8O2. The van der Waals surface area contributed by atoms with Crippen LogP contribution < -0.4 is 31.9 Å². The molecule has 4 aromatic rings. The summed E-state index contributed by atoms with van der Waals surface area (Å²) < 4.78 is 0. The van der Waals surface area contributed by atoms with Crippen LogP contribution in [0, 0.1) is 0 Å². The van der Waals surface area contributed by atoms with Gasteiger partial charge in [0.25, 0.3) is 5.91 Å². The maximum atomic E-state index is 12.9. The van der Waals surface area contributed by atoms with Crippen LogP contribution in [0.4, 0.5) is 29.0 Å². The van der Waals surface area contributed by atoms with Crippen molar-refractivity contribution >= 4 is 45.6 Å². The zero-order valence-corrected chi connectivity index (χ0v) is 21.4. The molecular weight excluding hydrogens is 480 g/mol. The number of hydrogen-bond donors (Lipinski definition) is 5. The molecule has 0 saturated carbocycles. The molecule has 2 unspecified atom stereocenters. The SMILES string of the molecule is CN(C)c1nc(Nc2ccc(NC(=O)c3ccc4ccccc4c3O)cc2)cc(N2CC(N)CC(N)C2)n1. The van der Waals surface area contributed by atoms with Crippen LogP contribution in [0.15, 0.2) is 66.7 Å². The molecule has 0 radical (unpaired) electrons. The summed E-state index contributed by atoms with van der Waals surface area (Å²) in [6, 6.07) is 20.0. The predicted octanol–water partition coefficient (Wildman–Crippen LogP) is 3.26. The third-order valence-corrected chi connectivity index (χ3v) is 6.50. The topological polar surface area (TPSA) is 146 Å². The number of carbonyl (C=O) groups excluding carboxylic acids is 1. The highest BCUT2D eigenvalue weighted by Gasteiger charge is 2.24. The number of benzene rings is 3. The second-order valence-corrected chi connectivity index (χ2v) is 9.81. The van der Waals surface area contributed by atoms with Crippen molar-refractivity contribution in [2.24, 2.45) is 11.5 Å². The minimum atomic E-state index is -0.386. The van der Waals surface area contributed by atoms with Crippen molar-refractivity contribution in [2.75, 3.05) is 47.6 Å². The van der Waals surface area contributed by atoms with Crippen molar-refractivity contribution in [3.05, 3.63) is 72.3 Å². The van der Waals surface area contributed by atoms with Gasteiger partial charge in [-0.3, -0.25) is 4.79 Å². The number of amides is 1. The number of phenolic OH excluding ortho intramolecular Hbond substituents is 1. The number of aromatic hydroxyl groups is 1. The Morgan fingerprint density at radius 1 is 0.974 bits per heavy atom. The lowest BCUT2D eigenvalue weighted by molar-refractivity contribution is 0.102. The number of nitrogens with one attached hydrogen (secondary N) is 2. The number of carbonyl (C=O) groups is 1. The number of nitrogens with two attached hydrogens (primary N) is 2. The van der Waals surface area contributed by atoms with Gasteiger partial charge in [-0.15, -0.1) is 0 Å². The number of piperidine rings is 1. The normalized spacial score (nSPS) is 17.3. The zero-order valence-electron chi connectivity index (χ0n) is 21.4. The van der Waals surface area contributed by atoms with E-state index in [4.69, 9.17) is 16.5 Å². The fourth-order valence-corrected chi connectivity index (χ4v) is 4.64. The lowest BCUT2D eigenvalue weighted by atomic mass is 10.0. The van der Waals surface area contributed by atoms with Crippen LogP contribution in [-0.4, -0.2) is 60.3 Å². The van der Waals surface area contributed by atoms with E-state index in [1.807, 2.05) is 61.5 Å². The highest BCUT2D eigenvalue weighted by Crippen LogP contribution is 2.30. The average molecular weight is 513 g/mol. The zero-order chi connectivity index (χ0) is 26.8. The molecule has 1 aromatic heterocycles. The first-order valence-electron chi connectivity index (χ1n) is 12.5. The van der Waals surface area contributed by atoms with E-state index < -0.39 is 0 Å². The number of phenols is 1. The van der Waals surface area contributed by atoms with E-state index in [2.05, 4.69) is 20.5 Å². The number of aromatic nitrogens is 2. The first-order valence-corrected chi connectivity index (χ1v) is 12.5. The second kappa shape index (κ2) is 10.5. The molecule has 1 aliphatic rings. The van der Waals surface area contributed by atoms with Crippen LogP contribution in [0.5, 0.6) is 5.75 Å². The fraction of sp³-hybridized carbons (Fsp3) is 0.250. The van der Waals surface area contributed by atoms with Gasteiger partial charge in [-0.25, -0.2) is 0 Å². The Labute approximate surface area is 221 Å². The van der Waals surface area contributed by atoms with Crippen LogP contribution in [0.25, 0.3) is 10.8 Å². The fourth-order valence-electron chi connectivity index (χ4n) is 4.64. The molecule has 1 saturated heterocycles. The Bertz CT molecular complexity index is 1450. The van der Waals surface area contributed by atoms with Gasteiger partial charge in [0.1, 0.15) is 17.4 Å². The van der Waals surface area contributed by atoms with Gasteiger partial charge in [0.2, 0.25) is 5.95 Å². The van der Waals surface area contributed by atoms with Gasteiger partial charge in [-0.2, -0.15) is 9.97 Å². The number of nitrogens with zero attached hydrogens (tertiary/aromatic N) is 4. The van der Waals surface area contributed by atoms with Gasteiger partial charge in [0.15, 0.2) is 0 Å². The third-order valence-electron chi connectivity index (χ3n) is 6.50. The highest BCUT2D eigenvalue weighted by molar-refractivity contribution is 6.09. The summed E-state index contributed by atoms with van der Waals surface area (Å²) in [5.74, 6) is 1.53. The Kier molecular flexibility index (Phi) is 6.99. The van der Waals surface area contributed by atoms with Gasteiger partial charge < -0.3 is 37.0 Å².